The van der Waals surface area contributed by atoms with Crippen LogP contribution in [0.5, 0.6) is 0 Å². The Bertz CT molecular complexity index is 1240. The molecule has 2 aromatic heterocycles. The van der Waals surface area contributed by atoms with Crippen LogP contribution >= 0.6 is 11.3 Å². The molecule has 0 fully saturated rings. The maximum Gasteiger partial charge on any atom is 0.348 e. The van der Waals surface area contributed by atoms with Crippen molar-refractivity contribution in [1.82, 2.24) is 9.55 Å². The van der Waals surface area contributed by atoms with E-state index >= 15 is 0 Å². The molecule has 0 aliphatic carbocycles. The van der Waals surface area contributed by atoms with Gasteiger partial charge in [-0.15, -0.1) is 11.3 Å². The van der Waals surface area contributed by atoms with Crippen LogP contribution in [-0.4, -0.2) is 41.1 Å². The Morgan fingerprint density at radius 2 is 1.91 bits per heavy atom. The fourth-order valence-electron chi connectivity index (χ4n) is 3.00. The third-order valence-corrected chi connectivity index (χ3v) is 5.75. The molecule has 1 N–H and O–H groups in total. The van der Waals surface area contributed by atoms with Crippen LogP contribution < -0.4 is 10.9 Å². The number of nitrogens with zero attached hydrogens (tertiary/aromatic N) is 2. The predicted octanol–water partition coefficient (Wildman–Crippen LogP) is 3.00. The summed E-state index contributed by atoms with van der Waals surface area (Å²) in [5.41, 5.74) is 0.501. The first-order valence-corrected chi connectivity index (χ1v) is 10.7. The molecule has 3 rings (SSSR count). The molecule has 168 valence electrons. The molecule has 0 aliphatic rings. The Hall–Kier alpha value is -3.53. The van der Waals surface area contributed by atoms with Gasteiger partial charge in [0, 0.05) is 0 Å². The van der Waals surface area contributed by atoms with E-state index in [4.69, 9.17) is 9.47 Å². The number of aryl methyl sites for hydroxylation is 1. The molecule has 3 aromatic rings. The minimum atomic E-state index is -0.591. The third kappa shape index (κ3) is 4.86. The number of nitrogens with one attached hydrogen (secondary N) is 1. The highest BCUT2D eigenvalue weighted by molar-refractivity contribution is 7.20. The summed E-state index contributed by atoms with van der Waals surface area (Å²) >= 11 is 1.08. The average Bonchev–Trinajstić information content (AvgIpc) is 3.11. The summed E-state index contributed by atoms with van der Waals surface area (Å²) in [6, 6.07) is 6.39. The highest BCUT2D eigenvalue weighted by Crippen LogP contribution is 2.27. The minimum absolute atomic E-state index is 0.187. The summed E-state index contributed by atoms with van der Waals surface area (Å²) in [4.78, 5) is 54.8. The first-order chi connectivity index (χ1) is 15.2. The van der Waals surface area contributed by atoms with Gasteiger partial charge in [0.25, 0.3) is 5.56 Å². The van der Waals surface area contributed by atoms with Gasteiger partial charge in [-0.1, -0.05) is 26.0 Å². The number of rotatable bonds is 7. The van der Waals surface area contributed by atoms with Crippen LogP contribution in [0.3, 0.4) is 0 Å². The number of thiophene rings is 1. The van der Waals surface area contributed by atoms with Crippen molar-refractivity contribution in [2.45, 2.75) is 27.3 Å². The van der Waals surface area contributed by atoms with E-state index in [0.717, 1.165) is 15.9 Å². The number of aromatic nitrogens is 2. The molecule has 0 unspecified atom stereocenters. The number of carbonyl (C=O) groups is 3. The predicted molar refractivity (Wildman–Crippen MR) is 120 cm³/mol. The maximum absolute atomic E-state index is 13.0. The largest absolute Gasteiger partial charge is 0.465 e. The molecule has 0 aliphatic heterocycles. The molecule has 1 aromatic carbocycles. The smallest absolute Gasteiger partial charge is 0.348 e. The Morgan fingerprint density at radius 3 is 2.59 bits per heavy atom. The molecule has 10 heteroatoms. The number of para-hydroxylation sites is 1. The summed E-state index contributed by atoms with van der Waals surface area (Å²) in [7, 11) is 1.25. The molecule has 0 radical (unpaired) electrons. The lowest BCUT2D eigenvalue weighted by Crippen LogP contribution is -2.28. The Labute approximate surface area is 188 Å². The monoisotopic (exact) mass is 457 g/mol. The molecule has 0 saturated carbocycles. The molecule has 1 amide bonds. The lowest BCUT2D eigenvalue weighted by Gasteiger charge is -2.10. The Morgan fingerprint density at radius 1 is 1.19 bits per heavy atom. The van der Waals surface area contributed by atoms with Crippen molar-refractivity contribution in [3.8, 4) is 0 Å². The first-order valence-electron chi connectivity index (χ1n) is 9.85. The summed E-state index contributed by atoms with van der Waals surface area (Å²) in [5, 5.41) is 2.89. The van der Waals surface area contributed by atoms with E-state index in [2.05, 4.69) is 10.3 Å². The zero-order valence-corrected chi connectivity index (χ0v) is 18.9. The Balaban J connectivity index is 1.85. The summed E-state index contributed by atoms with van der Waals surface area (Å²) in [5.74, 6) is -1.42. The number of methoxy groups -OCH3 is 1. The van der Waals surface area contributed by atoms with Crippen LogP contribution in [0.4, 0.5) is 5.69 Å². The molecule has 0 bridgehead atoms. The van der Waals surface area contributed by atoms with E-state index in [0.29, 0.717) is 15.3 Å². The number of benzene rings is 1. The molecular formula is C22H23N3O6S. The summed E-state index contributed by atoms with van der Waals surface area (Å²) < 4.78 is 11.1. The van der Waals surface area contributed by atoms with E-state index in [1.807, 2.05) is 13.8 Å². The van der Waals surface area contributed by atoms with Gasteiger partial charge in [0.15, 0.2) is 0 Å². The number of esters is 2. The van der Waals surface area contributed by atoms with Crippen LogP contribution in [0.1, 0.15) is 39.4 Å². The van der Waals surface area contributed by atoms with Crippen LogP contribution in [0.15, 0.2) is 35.4 Å². The van der Waals surface area contributed by atoms with Gasteiger partial charge in [-0.3, -0.25) is 14.2 Å². The van der Waals surface area contributed by atoms with Gasteiger partial charge in [-0.25, -0.2) is 14.6 Å². The van der Waals surface area contributed by atoms with E-state index in [1.165, 1.54) is 19.5 Å². The fraction of sp³-hybridized carbons (Fsp3) is 0.318. The zero-order valence-electron chi connectivity index (χ0n) is 18.1. The van der Waals surface area contributed by atoms with Crippen LogP contribution in [-0.2, 0) is 20.8 Å². The van der Waals surface area contributed by atoms with Crippen molar-refractivity contribution in [2.24, 2.45) is 5.92 Å². The highest BCUT2D eigenvalue weighted by atomic mass is 32.1. The number of carbonyl (C=O) groups excluding carboxylic acids is 3. The second-order valence-corrected chi connectivity index (χ2v) is 8.49. The topological polar surface area (TPSA) is 117 Å². The molecule has 9 nitrogen and oxygen atoms in total. The van der Waals surface area contributed by atoms with Gasteiger partial charge >= 0.3 is 11.9 Å². The average molecular weight is 458 g/mol. The zero-order chi connectivity index (χ0) is 23.4. The highest BCUT2D eigenvalue weighted by Gasteiger charge is 2.21. The maximum atomic E-state index is 13.0. The summed E-state index contributed by atoms with van der Waals surface area (Å²) in [6.07, 6.45) is 1.26. The normalized spacial score (nSPS) is 10.9. The van der Waals surface area contributed by atoms with Crippen molar-refractivity contribution in [2.75, 3.05) is 19.0 Å². The number of hydrogen-bond donors (Lipinski definition) is 1. The molecule has 0 spiro atoms. The van der Waals surface area contributed by atoms with E-state index < -0.39 is 23.4 Å². The quantitative estimate of drug-likeness (QED) is 0.542. The van der Waals surface area contributed by atoms with Crippen molar-refractivity contribution in [1.29, 1.82) is 0 Å². The van der Waals surface area contributed by atoms with Crippen molar-refractivity contribution >= 4 is 45.1 Å². The second-order valence-electron chi connectivity index (χ2n) is 7.49. The number of anilines is 1. The minimum Gasteiger partial charge on any atom is -0.465 e. The van der Waals surface area contributed by atoms with Gasteiger partial charge in [-0.05, 0) is 30.5 Å². The van der Waals surface area contributed by atoms with Crippen molar-refractivity contribution < 1.29 is 23.9 Å². The van der Waals surface area contributed by atoms with Crippen LogP contribution in [0, 0.1) is 12.8 Å². The molecule has 0 saturated heterocycles. The van der Waals surface area contributed by atoms with E-state index in [-0.39, 0.29) is 35.7 Å². The second kappa shape index (κ2) is 9.73. The number of amides is 1. The lowest BCUT2D eigenvalue weighted by molar-refractivity contribution is -0.116. The first kappa shape index (κ1) is 23.1. The summed E-state index contributed by atoms with van der Waals surface area (Å²) in [6.45, 7) is 5.47. The molecular weight excluding hydrogens is 434 g/mol. The fourth-order valence-corrected chi connectivity index (χ4v) is 4.03. The number of ether oxygens (including phenoxy) is 2. The third-order valence-electron chi connectivity index (χ3n) is 4.57. The lowest BCUT2D eigenvalue weighted by atomic mass is 10.2. The van der Waals surface area contributed by atoms with Crippen molar-refractivity contribution in [3.63, 3.8) is 0 Å². The number of fused-ring (bicyclic) bond motifs is 1. The Kier molecular flexibility index (Phi) is 7.04. The van der Waals surface area contributed by atoms with Gasteiger partial charge in [0.1, 0.15) is 16.3 Å². The van der Waals surface area contributed by atoms with Gasteiger partial charge in [0.2, 0.25) is 5.91 Å². The number of hydrogen-bond acceptors (Lipinski definition) is 8. The van der Waals surface area contributed by atoms with Gasteiger partial charge in [0.05, 0.1) is 36.7 Å². The van der Waals surface area contributed by atoms with Gasteiger partial charge in [-0.2, -0.15) is 0 Å². The van der Waals surface area contributed by atoms with Crippen LogP contribution in [0.2, 0.25) is 0 Å². The van der Waals surface area contributed by atoms with E-state index in [9.17, 15) is 19.2 Å². The molecule has 2 heterocycles. The van der Waals surface area contributed by atoms with Crippen molar-refractivity contribution in [3.05, 3.63) is 57.0 Å². The van der Waals surface area contributed by atoms with Gasteiger partial charge < -0.3 is 14.8 Å². The van der Waals surface area contributed by atoms with E-state index in [1.54, 1.807) is 25.1 Å². The molecule has 0 atom stereocenters. The SMILES string of the molecule is COC(=O)c1ccccc1NC(=O)Cn1cnc2sc(C(=O)OCC(C)C)c(C)c2c1=O. The molecule has 32 heavy (non-hydrogen) atoms. The van der Waals surface area contributed by atoms with Crippen LogP contribution in [0.25, 0.3) is 10.2 Å². The standard InChI is InChI=1S/C22H23N3O6S/c1-12(2)10-31-22(29)18-13(3)17-19(32-18)23-11-25(20(17)27)9-16(26)24-15-8-6-5-7-14(15)21(28)30-4/h5-8,11-12H,9-10H2,1-4H3,(H,24,26).